The van der Waals surface area contributed by atoms with Crippen molar-refractivity contribution in [3.05, 3.63) is 65.0 Å². The van der Waals surface area contributed by atoms with E-state index in [1.165, 1.54) is 7.11 Å². The van der Waals surface area contributed by atoms with E-state index in [2.05, 4.69) is 10.6 Å². The Morgan fingerprint density at radius 3 is 2.60 bits per heavy atom. The number of carbonyl (C=O) groups excluding carboxylic acids is 2. The molecule has 0 spiro atoms. The first kappa shape index (κ1) is 21.1. The number of nitrogens with one attached hydrogen (secondary N) is 2. The third kappa shape index (κ3) is 4.68. The summed E-state index contributed by atoms with van der Waals surface area (Å²) in [6.07, 6.45) is 0.702. The molecule has 3 aromatic rings. The predicted octanol–water partition coefficient (Wildman–Crippen LogP) is 4.17. The summed E-state index contributed by atoms with van der Waals surface area (Å²) in [7, 11) is 1.29. The monoisotopic (exact) mass is 408 g/mol. The van der Waals surface area contributed by atoms with Crippen LogP contribution in [0.15, 0.2) is 63.8 Å². The Morgan fingerprint density at radius 1 is 1.10 bits per heavy atom. The molecule has 1 heterocycles. The molecule has 30 heavy (non-hydrogen) atoms. The maximum atomic E-state index is 12.4. The molecule has 0 unspecified atom stereocenters. The molecule has 2 amide bonds. The average molecular weight is 408 g/mol. The molecule has 2 atom stereocenters. The number of anilines is 1. The molecule has 7 heteroatoms. The van der Waals surface area contributed by atoms with Gasteiger partial charge in [-0.2, -0.15) is 0 Å². The molecule has 0 aliphatic heterocycles. The summed E-state index contributed by atoms with van der Waals surface area (Å²) in [5.74, 6) is -0.584. The van der Waals surface area contributed by atoms with Gasteiger partial charge >= 0.3 is 17.6 Å². The van der Waals surface area contributed by atoms with Gasteiger partial charge in [-0.25, -0.2) is 14.4 Å². The minimum atomic E-state index is -0.754. The summed E-state index contributed by atoms with van der Waals surface area (Å²) in [6, 6.07) is 14.6. The Labute approximate surface area is 174 Å². The second-order valence-electron chi connectivity index (χ2n) is 7.05. The van der Waals surface area contributed by atoms with Gasteiger partial charge in [0.25, 0.3) is 0 Å². The van der Waals surface area contributed by atoms with Crippen LogP contribution in [0.25, 0.3) is 22.1 Å². The van der Waals surface area contributed by atoms with E-state index in [0.717, 1.165) is 5.39 Å². The van der Waals surface area contributed by atoms with Crippen LogP contribution in [0.3, 0.4) is 0 Å². The molecule has 0 aliphatic carbocycles. The van der Waals surface area contributed by atoms with Crippen molar-refractivity contribution in [1.82, 2.24) is 5.32 Å². The van der Waals surface area contributed by atoms with Crippen LogP contribution >= 0.6 is 0 Å². The molecular formula is C23H24N2O5. The number of esters is 1. The van der Waals surface area contributed by atoms with E-state index in [1.807, 2.05) is 26.0 Å². The maximum Gasteiger partial charge on any atom is 0.344 e. The Hall–Kier alpha value is -3.61. The second-order valence-corrected chi connectivity index (χ2v) is 7.05. The highest BCUT2D eigenvalue weighted by molar-refractivity contribution is 5.93. The van der Waals surface area contributed by atoms with Gasteiger partial charge < -0.3 is 19.8 Å². The van der Waals surface area contributed by atoms with E-state index in [0.29, 0.717) is 28.8 Å². The number of para-hydroxylation sites is 1. The molecule has 156 valence electrons. The first-order valence-corrected chi connectivity index (χ1v) is 9.71. The lowest BCUT2D eigenvalue weighted by Crippen LogP contribution is -2.47. The molecule has 3 rings (SSSR count). The molecule has 7 nitrogen and oxygen atoms in total. The van der Waals surface area contributed by atoms with Crippen molar-refractivity contribution in [2.24, 2.45) is 5.92 Å². The molecule has 0 radical (unpaired) electrons. The Bertz CT molecular complexity index is 1120. The summed E-state index contributed by atoms with van der Waals surface area (Å²) < 4.78 is 10.2. The minimum absolute atomic E-state index is 0.0863. The molecule has 0 fully saturated rings. The van der Waals surface area contributed by atoms with Gasteiger partial charge in [0.1, 0.15) is 11.6 Å². The third-order valence-corrected chi connectivity index (χ3v) is 5.03. The van der Waals surface area contributed by atoms with Crippen molar-refractivity contribution in [1.29, 1.82) is 0 Å². The normalized spacial score (nSPS) is 12.8. The van der Waals surface area contributed by atoms with E-state index >= 15 is 0 Å². The first-order chi connectivity index (χ1) is 14.4. The van der Waals surface area contributed by atoms with Gasteiger partial charge in [-0.3, -0.25) is 0 Å². The van der Waals surface area contributed by atoms with Gasteiger partial charge in [0.15, 0.2) is 0 Å². The van der Waals surface area contributed by atoms with Gasteiger partial charge in [-0.1, -0.05) is 50.6 Å². The summed E-state index contributed by atoms with van der Waals surface area (Å²) in [5, 5.41) is 6.17. The van der Waals surface area contributed by atoms with Gasteiger partial charge in [0, 0.05) is 11.1 Å². The second kappa shape index (κ2) is 9.26. The van der Waals surface area contributed by atoms with Crippen molar-refractivity contribution in [3.63, 3.8) is 0 Å². The molecule has 1 aromatic heterocycles. The van der Waals surface area contributed by atoms with Crippen LogP contribution < -0.4 is 16.3 Å². The highest BCUT2D eigenvalue weighted by atomic mass is 16.5. The zero-order valence-electron chi connectivity index (χ0n) is 17.1. The fraction of sp³-hybridized carbons (Fsp3) is 0.261. The molecule has 0 saturated carbocycles. The molecule has 0 saturated heterocycles. The zero-order chi connectivity index (χ0) is 21.7. The average Bonchev–Trinajstić information content (AvgIpc) is 2.76. The zero-order valence-corrected chi connectivity index (χ0v) is 17.1. The number of benzene rings is 2. The van der Waals surface area contributed by atoms with Gasteiger partial charge in [-0.05, 0) is 35.7 Å². The number of urea groups is 1. The lowest BCUT2D eigenvalue weighted by atomic mass is 9.99. The van der Waals surface area contributed by atoms with Crippen LogP contribution in [0.2, 0.25) is 0 Å². The van der Waals surface area contributed by atoms with E-state index in [4.69, 9.17) is 9.15 Å². The summed E-state index contributed by atoms with van der Waals surface area (Å²) in [5.41, 5.74) is 1.53. The fourth-order valence-electron chi connectivity index (χ4n) is 3.13. The number of hydrogen-bond donors (Lipinski definition) is 2. The molecule has 2 aromatic carbocycles. The van der Waals surface area contributed by atoms with Gasteiger partial charge in [-0.15, -0.1) is 0 Å². The lowest BCUT2D eigenvalue weighted by molar-refractivity contribution is -0.144. The van der Waals surface area contributed by atoms with E-state index in [9.17, 15) is 14.4 Å². The van der Waals surface area contributed by atoms with Crippen LogP contribution in [0.5, 0.6) is 0 Å². The van der Waals surface area contributed by atoms with Crippen molar-refractivity contribution >= 4 is 28.7 Å². The highest BCUT2D eigenvalue weighted by Gasteiger charge is 2.26. The Kier molecular flexibility index (Phi) is 6.51. The first-order valence-electron chi connectivity index (χ1n) is 9.71. The van der Waals surface area contributed by atoms with Crippen molar-refractivity contribution < 1.29 is 18.7 Å². The largest absolute Gasteiger partial charge is 0.467 e. The number of fused-ring (bicyclic) bond motifs is 1. The maximum absolute atomic E-state index is 12.4. The van der Waals surface area contributed by atoms with Crippen molar-refractivity contribution in [2.75, 3.05) is 12.4 Å². The number of ether oxygens (including phenoxy) is 1. The number of rotatable bonds is 6. The molecule has 2 N–H and O–H groups in total. The van der Waals surface area contributed by atoms with Crippen LogP contribution in [0.4, 0.5) is 10.5 Å². The SMILES string of the molecule is CC[C@H](C)[C@H](NC(=O)Nc1cccc(-c2cc3ccccc3oc2=O)c1)C(=O)OC. The van der Waals surface area contributed by atoms with Crippen LogP contribution in [0, 0.1) is 5.92 Å². The Morgan fingerprint density at radius 2 is 1.87 bits per heavy atom. The quantitative estimate of drug-likeness (QED) is 0.471. The van der Waals surface area contributed by atoms with E-state index < -0.39 is 23.7 Å². The summed E-state index contributed by atoms with van der Waals surface area (Å²) in [4.78, 5) is 36.8. The van der Waals surface area contributed by atoms with Crippen LogP contribution in [0.1, 0.15) is 20.3 Å². The Balaban J connectivity index is 1.82. The molecular weight excluding hydrogens is 384 g/mol. The lowest BCUT2D eigenvalue weighted by Gasteiger charge is -2.22. The fourth-order valence-corrected chi connectivity index (χ4v) is 3.13. The number of hydrogen-bond acceptors (Lipinski definition) is 5. The minimum Gasteiger partial charge on any atom is -0.467 e. The standard InChI is InChI=1S/C23H24N2O5/c1-4-14(2)20(22(27)29-3)25-23(28)24-17-10-7-9-15(12-17)18-13-16-8-5-6-11-19(16)30-21(18)26/h5-14,20H,4H2,1-3H3,(H2,24,25,28)/t14-,20-/m0/s1. The number of methoxy groups -OCH3 is 1. The van der Waals surface area contributed by atoms with Crippen molar-refractivity contribution in [3.8, 4) is 11.1 Å². The highest BCUT2D eigenvalue weighted by Crippen LogP contribution is 2.23. The summed E-state index contributed by atoms with van der Waals surface area (Å²) >= 11 is 0. The number of amides is 2. The topological polar surface area (TPSA) is 97.6 Å². The van der Waals surface area contributed by atoms with Gasteiger partial charge in [0.2, 0.25) is 0 Å². The molecule has 0 bridgehead atoms. The third-order valence-electron chi connectivity index (χ3n) is 5.03. The van der Waals surface area contributed by atoms with Gasteiger partial charge in [0.05, 0.1) is 12.7 Å². The molecule has 0 aliphatic rings. The van der Waals surface area contributed by atoms with Crippen LogP contribution in [-0.4, -0.2) is 25.2 Å². The van der Waals surface area contributed by atoms with E-state index in [-0.39, 0.29) is 5.92 Å². The smallest absolute Gasteiger partial charge is 0.344 e. The number of carbonyl (C=O) groups is 2. The van der Waals surface area contributed by atoms with E-state index in [1.54, 1.807) is 42.5 Å². The van der Waals surface area contributed by atoms with Crippen molar-refractivity contribution in [2.45, 2.75) is 26.3 Å². The predicted molar refractivity (Wildman–Crippen MR) is 115 cm³/mol. The van der Waals surface area contributed by atoms with Crippen LogP contribution in [-0.2, 0) is 9.53 Å². The summed E-state index contributed by atoms with van der Waals surface area (Å²) in [6.45, 7) is 3.79.